The van der Waals surface area contributed by atoms with Gasteiger partial charge in [-0.25, -0.2) is 9.97 Å². The lowest BCUT2D eigenvalue weighted by Gasteiger charge is -2.30. The molecular weight excluding hydrogens is 282 g/mol. The number of carbonyl (C=O) groups is 1. The maximum atomic E-state index is 12.5. The van der Waals surface area contributed by atoms with Crippen molar-refractivity contribution in [2.75, 3.05) is 18.4 Å². The van der Waals surface area contributed by atoms with Crippen molar-refractivity contribution < 1.29 is 9.32 Å². The first-order valence-corrected chi connectivity index (χ1v) is 7.43. The summed E-state index contributed by atoms with van der Waals surface area (Å²) in [6.45, 7) is 5.55. The summed E-state index contributed by atoms with van der Waals surface area (Å²) in [6, 6.07) is 3.40. The number of aryl methyl sites for hydroxylation is 1. The molecule has 3 heterocycles. The zero-order valence-electron chi connectivity index (χ0n) is 12.7. The number of hydrogen-bond donors (Lipinski definition) is 1. The second-order valence-corrected chi connectivity index (χ2v) is 5.73. The first kappa shape index (κ1) is 14.5. The fourth-order valence-electron chi connectivity index (χ4n) is 2.64. The van der Waals surface area contributed by atoms with Crippen LogP contribution >= 0.6 is 0 Å². The monoisotopic (exact) mass is 301 g/mol. The number of hydrogen-bond acceptors (Lipinski definition) is 6. The van der Waals surface area contributed by atoms with Crippen molar-refractivity contribution in [2.45, 2.75) is 26.7 Å². The van der Waals surface area contributed by atoms with Gasteiger partial charge in [0.2, 0.25) is 0 Å². The van der Waals surface area contributed by atoms with Gasteiger partial charge in [-0.3, -0.25) is 4.79 Å². The van der Waals surface area contributed by atoms with Crippen LogP contribution in [0.4, 0.5) is 11.6 Å². The molecule has 1 N–H and O–H groups in total. The van der Waals surface area contributed by atoms with E-state index < -0.39 is 0 Å². The molecule has 2 aromatic heterocycles. The molecule has 0 aromatic carbocycles. The molecule has 1 amide bonds. The minimum atomic E-state index is -0.0478. The third kappa shape index (κ3) is 3.24. The van der Waals surface area contributed by atoms with Crippen LogP contribution in [0.2, 0.25) is 0 Å². The van der Waals surface area contributed by atoms with E-state index in [-0.39, 0.29) is 5.91 Å². The topological polar surface area (TPSA) is 84.2 Å². The van der Waals surface area contributed by atoms with Crippen molar-refractivity contribution >= 4 is 17.5 Å². The van der Waals surface area contributed by atoms with Gasteiger partial charge in [0.25, 0.3) is 5.91 Å². The van der Waals surface area contributed by atoms with Gasteiger partial charge in [0, 0.05) is 25.2 Å². The van der Waals surface area contributed by atoms with Crippen molar-refractivity contribution in [1.82, 2.24) is 20.0 Å². The maximum absolute atomic E-state index is 12.5. The number of rotatable bonds is 3. The highest BCUT2D eigenvalue weighted by Crippen LogP contribution is 2.19. The minimum Gasteiger partial charge on any atom is -0.360 e. The van der Waals surface area contributed by atoms with Crippen LogP contribution < -0.4 is 5.32 Å². The van der Waals surface area contributed by atoms with Crippen LogP contribution in [0, 0.1) is 12.8 Å². The van der Waals surface area contributed by atoms with E-state index >= 15 is 0 Å². The predicted molar refractivity (Wildman–Crippen MR) is 80.9 cm³/mol. The Morgan fingerprint density at radius 3 is 2.95 bits per heavy atom. The summed E-state index contributed by atoms with van der Waals surface area (Å²) in [5, 5.41) is 6.85. The summed E-state index contributed by atoms with van der Waals surface area (Å²) >= 11 is 0. The number of likely N-dealkylation sites (tertiary alicyclic amines) is 1. The van der Waals surface area contributed by atoms with E-state index in [4.69, 9.17) is 4.52 Å². The predicted octanol–water partition coefficient (Wildman–Crippen LogP) is 2.39. The van der Waals surface area contributed by atoms with E-state index in [0.717, 1.165) is 19.5 Å². The highest BCUT2D eigenvalue weighted by molar-refractivity contribution is 5.93. The summed E-state index contributed by atoms with van der Waals surface area (Å²) in [5.74, 6) is 2.27. The number of piperidine rings is 1. The van der Waals surface area contributed by atoms with E-state index in [1.807, 2.05) is 11.8 Å². The third-order valence-electron chi connectivity index (χ3n) is 3.71. The molecule has 22 heavy (non-hydrogen) atoms. The van der Waals surface area contributed by atoms with Crippen molar-refractivity contribution in [3.8, 4) is 0 Å². The van der Waals surface area contributed by atoms with Crippen LogP contribution in [0.3, 0.4) is 0 Å². The SMILES string of the molecule is Cc1cc(Nc2cc(C(=O)N3CCCC(C)C3)ncn2)no1. The first-order valence-electron chi connectivity index (χ1n) is 7.43. The third-order valence-corrected chi connectivity index (χ3v) is 3.71. The van der Waals surface area contributed by atoms with Crippen LogP contribution in [0.5, 0.6) is 0 Å². The van der Waals surface area contributed by atoms with Crippen LogP contribution in [0.1, 0.15) is 36.0 Å². The van der Waals surface area contributed by atoms with Gasteiger partial charge in [0.1, 0.15) is 23.6 Å². The average Bonchev–Trinajstić information content (AvgIpc) is 2.92. The lowest BCUT2D eigenvalue weighted by Crippen LogP contribution is -2.39. The van der Waals surface area contributed by atoms with Gasteiger partial charge >= 0.3 is 0 Å². The fraction of sp³-hybridized carbons (Fsp3) is 0.467. The Kier molecular flexibility index (Phi) is 4.04. The Morgan fingerprint density at radius 1 is 1.36 bits per heavy atom. The van der Waals surface area contributed by atoms with Crippen molar-refractivity contribution in [1.29, 1.82) is 0 Å². The summed E-state index contributed by atoms with van der Waals surface area (Å²) in [4.78, 5) is 22.6. The molecular formula is C15H19N5O2. The molecule has 7 heteroatoms. The number of carbonyl (C=O) groups excluding carboxylic acids is 1. The van der Waals surface area contributed by atoms with Crippen LogP contribution in [0.25, 0.3) is 0 Å². The van der Waals surface area contributed by atoms with E-state index in [0.29, 0.717) is 29.0 Å². The van der Waals surface area contributed by atoms with Gasteiger partial charge < -0.3 is 14.7 Å². The fourth-order valence-corrected chi connectivity index (χ4v) is 2.64. The number of aromatic nitrogens is 3. The summed E-state index contributed by atoms with van der Waals surface area (Å²) < 4.78 is 4.99. The normalized spacial score (nSPS) is 18.3. The van der Waals surface area contributed by atoms with Crippen molar-refractivity contribution in [3.63, 3.8) is 0 Å². The molecule has 1 unspecified atom stereocenters. The Hall–Kier alpha value is -2.44. The molecule has 0 saturated carbocycles. The first-order chi connectivity index (χ1) is 10.6. The molecule has 0 aliphatic carbocycles. The summed E-state index contributed by atoms with van der Waals surface area (Å²) in [6.07, 6.45) is 3.60. The number of nitrogens with zero attached hydrogens (tertiary/aromatic N) is 4. The highest BCUT2D eigenvalue weighted by atomic mass is 16.5. The molecule has 0 radical (unpaired) electrons. The van der Waals surface area contributed by atoms with Gasteiger partial charge in [-0.15, -0.1) is 0 Å². The van der Waals surface area contributed by atoms with Gasteiger partial charge in [-0.1, -0.05) is 12.1 Å². The molecule has 1 atom stereocenters. The zero-order chi connectivity index (χ0) is 15.5. The largest absolute Gasteiger partial charge is 0.360 e. The zero-order valence-corrected chi connectivity index (χ0v) is 12.7. The molecule has 0 spiro atoms. The Labute approximate surface area is 128 Å². The quantitative estimate of drug-likeness (QED) is 0.937. The molecule has 116 valence electrons. The molecule has 1 aliphatic rings. The molecule has 3 rings (SSSR count). The molecule has 0 bridgehead atoms. The number of nitrogens with one attached hydrogen (secondary N) is 1. The Bertz CT molecular complexity index is 669. The second-order valence-electron chi connectivity index (χ2n) is 5.73. The maximum Gasteiger partial charge on any atom is 0.272 e. The number of amides is 1. The van der Waals surface area contributed by atoms with Gasteiger partial charge in [-0.05, 0) is 25.7 Å². The van der Waals surface area contributed by atoms with Gasteiger partial charge in [0.05, 0.1) is 0 Å². The van der Waals surface area contributed by atoms with E-state index in [2.05, 4.69) is 27.4 Å². The molecule has 7 nitrogen and oxygen atoms in total. The minimum absolute atomic E-state index is 0.0478. The molecule has 1 saturated heterocycles. The Morgan fingerprint density at radius 2 is 2.23 bits per heavy atom. The summed E-state index contributed by atoms with van der Waals surface area (Å²) in [7, 11) is 0. The molecule has 2 aromatic rings. The lowest BCUT2D eigenvalue weighted by atomic mass is 10.00. The molecule has 1 fully saturated rings. The van der Waals surface area contributed by atoms with Crippen molar-refractivity contribution in [3.05, 3.63) is 29.9 Å². The second kappa shape index (κ2) is 6.13. The molecule has 1 aliphatic heterocycles. The average molecular weight is 301 g/mol. The van der Waals surface area contributed by atoms with E-state index in [9.17, 15) is 4.79 Å². The Balaban J connectivity index is 1.74. The van der Waals surface area contributed by atoms with E-state index in [1.54, 1.807) is 12.1 Å². The highest BCUT2D eigenvalue weighted by Gasteiger charge is 2.23. The smallest absolute Gasteiger partial charge is 0.272 e. The van der Waals surface area contributed by atoms with E-state index in [1.165, 1.54) is 12.7 Å². The lowest BCUT2D eigenvalue weighted by molar-refractivity contribution is 0.0677. The van der Waals surface area contributed by atoms with Crippen LogP contribution in [0.15, 0.2) is 23.0 Å². The van der Waals surface area contributed by atoms with Crippen LogP contribution in [-0.4, -0.2) is 39.0 Å². The standard InChI is InChI=1S/C15H19N5O2/c1-10-4-3-5-20(8-10)15(21)12-7-13(17-9-16-12)18-14-6-11(2)22-19-14/h6-7,9-10H,3-5,8H2,1-2H3,(H,16,17,18,19). The number of anilines is 2. The van der Waals surface area contributed by atoms with Crippen molar-refractivity contribution in [2.24, 2.45) is 5.92 Å². The van der Waals surface area contributed by atoms with Crippen LogP contribution in [-0.2, 0) is 0 Å². The van der Waals surface area contributed by atoms with Gasteiger partial charge in [0.15, 0.2) is 5.82 Å². The summed E-state index contributed by atoms with van der Waals surface area (Å²) in [5.41, 5.74) is 0.395. The van der Waals surface area contributed by atoms with Gasteiger partial charge in [-0.2, -0.15) is 0 Å².